The van der Waals surface area contributed by atoms with Gasteiger partial charge < -0.3 is 15.0 Å². The van der Waals surface area contributed by atoms with E-state index in [4.69, 9.17) is 4.74 Å². The van der Waals surface area contributed by atoms with Crippen LogP contribution in [0.15, 0.2) is 78.9 Å². The number of fused-ring (bicyclic) bond motifs is 2. The lowest BCUT2D eigenvalue weighted by Crippen LogP contribution is -2.39. The molecule has 5 rings (SSSR count). The van der Waals surface area contributed by atoms with Crippen LogP contribution in [0, 0.1) is 12.7 Å². The second-order valence-corrected chi connectivity index (χ2v) is 9.49. The Morgan fingerprint density at radius 1 is 1.00 bits per heavy atom. The monoisotopic (exact) mass is 508 g/mol. The first kappa shape index (κ1) is 25.1. The van der Waals surface area contributed by atoms with Crippen LogP contribution in [0.4, 0.5) is 28.9 Å². The minimum atomic E-state index is -4.47. The van der Waals surface area contributed by atoms with Crippen molar-refractivity contribution in [3.8, 4) is 5.75 Å². The minimum Gasteiger partial charge on any atom is -0.486 e. The zero-order chi connectivity index (χ0) is 26.2. The molecule has 1 aliphatic heterocycles. The zero-order valence-electron chi connectivity index (χ0n) is 20.6. The number of nitrogens with one attached hydrogen (secondary N) is 1. The second-order valence-electron chi connectivity index (χ2n) is 9.49. The normalized spacial score (nSPS) is 16.4. The molecule has 192 valence electrons. The summed E-state index contributed by atoms with van der Waals surface area (Å²) in [6.45, 7) is 4.49. The smallest absolute Gasteiger partial charge is 0.416 e. The Balaban J connectivity index is 1.34. The largest absolute Gasteiger partial charge is 0.486 e. The van der Waals surface area contributed by atoms with Crippen LogP contribution in [-0.4, -0.2) is 19.2 Å². The highest BCUT2D eigenvalue weighted by atomic mass is 19.4. The lowest BCUT2D eigenvalue weighted by molar-refractivity contribution is -0.138. The van der Waals surface area contributed by atoms with Crippen molar-refractivity contribution >= 4 is 22.1 Å². The van der Waals surface area contributed by atoms with Crippen molar-refractivity contribution in [2.45, 2.75) is 38.6 Å². The predicted octanol–water partition coefficient (Wildman–Crippen LogP) is 7.95. The Labute approximate surface area is 213 Å². The molecule has 1 heterocycles. The molecule has 1 aliphatic rings. The van der Waals surface area contributed by atoms with Gasteiger partial charge in [-0.2, -0.15) is 13.2 Å². The van der Waals surface area contributed by atoms with Gasteiger partial charge in [0.15, 0.2) is 0 Å². The van der Waals surface area contributed by atoms with Crippen LogP contribution in [0.3, 0.4) is 0 Å². The van der Waals surface area contributed by atoms with E-state index in [-0.39, 0.29) is 17.7 Å². The maximum Gasteiger partial charge on any atom is 0.416 e. The van der Waals surface area contributed by atoms with Gasteiger partial charge in [-0.15, -0.1) is 0 Å². The van der Waals surface area contributed by atoms with Gasteiger partial charge in [-0.1, -0.05) is 48.5 Å². The number of nitrogens with zero attached hydrogens (tertiary/aromatic N) is 1. The van der Waals surface area contributed by atoms with Crippen molar-refractivity contribution in [3.63, 3.8) is 0 Å². The molecule has 0 bridgehead atoms. The van der Waals surface area contributed by atoms with Crippen molar-refractivity contribution in [1.82, 2.24) is 5.32 Å². The van der Waals surface area contributed by atoms with Crippen LogP contribution in [0.5, 0.6) is 5.75 Å². The third kappa shape index (κ3) is 5.27. The predicted molar refractivity (Wildman–Crippen MR) is 139 cm³/mol. The maximum absolute atomic E-state index is 14.1. The number of ether oxygens (including phenoxy) is 1. The molecule has 0 spiro atoms. The van der Waals surface area contributed by atoms with E-state index in [0.29, 0.717) is 36.6 Å². The third-order valence-corrected chi connectivity index (χ3v) is 6.94. The first-order chi connectivity index (χ1) is 17.7. The maximum atomic E-state index is 14.1. The van der Waals surface area contributed by atoms with Gasteiger partial charge in [-0.25, -0.2) is 4.39 Å². The summed E-state index contributed by atoms with van der Waals surface area (Å²) in [6, 6.07) is 23.0. The molecule has 4 aromatic carbocycles. The number of aryl methyl sites for hydroxylation is 1. The molecule has 7 heteroatoms. The first-order valence-electron chi connectivity index (χ1n) is 12.3. The highest BCUT2D eigenvalue weighted by Crippen LogP contribution is 2.41. The molecule has 2 atom stereocenters. The highest BCUT2D eigenvalue weighted by molar-refractivity contribution is 5.86. The number of anilines is 2. The van der Waals surface area contributed by atoms with Gasteiger partial charge >= 0.3 is 6.18 Å². The number of halogens is 4. The summed E-state index contributed by atoms with van der Waals surface area (Å²) in [5, 5.41) is 5.93. The van der Waals surface area contributed by atoms with Crippen LogP contribution in [-0.2, 0) is 6.18 Å². The van der Waals surface area contributed by atoms with Gasteiger partial charge in [0.2, 0.25) is 0 Å². The molecule has 37 heavy (non-hydrogen) atoms. The van der Waals surface area contributed by atoms with Crippen LogP contribution < -0.4 is 15.0 Å². The summed E-state index contributed by atoms with van der Waals surface area (Å²) in [5.41, 5.74) is 1.42. The van der Waals surface area contributed by atoms with E-state index in [0.717, 1.165) is 6.07 Å². The van der Waals surface area contributed by atoms with Crippen molar-refractivity contribution in [1.29, 1.82) is 0 Å². The molecule has 0 saturated carbocycles. The zero-order valence-corrected chi connectivity index (χ0v) is 20.6. The molecule has 0 radical (unpaired) electrons. The van der Waals surface area contributed by atoms with Crippen LogP contribution >= 0.6 is 0 Å². The highest BCUT2D eigenvalue weighted by Gasteiger charge is 2.34. The Hall–Kier alpha value is -3.58. The Morgan fingerprint density at radius 3 is 2.59 bits per heavy atom. The molecule has 4 aromatic rings. The van der Waals surface area contributed by atoms with Gasteiger partial charge in [-0.05, 0) is 73.0 Å². The van der Waals surface area contributed by atoms with Crippen molar-refractivity contribution < 1.29 is 22.3 Å². The Bertz CT molecular complexity index is 1410. The number of benzene rings is 4. The molecule has 0 fully saturated rings. The van der Waals surface area contributed by atoms with Gasteiger partial charge in [0, 0.05) is 17.8 Å². The third-order valence-electron chi connectivity index (χ3n) is 6.94. The van der Waals surface area contributed by atoms with E-state index < -0.39 is 17.6 Å². The van der Waals surface area contributed by atoms with Gasteiger partial charge in [0.05, 0.1) is 17.8 Å². The fourth-order valence-corrected chi connectivity index (χ4v) is 5.00. The number of alkyl halides is 3. The molecular formula is C30H28F4N2O. The quantitative estimate of drug-likeness (QED) is 0.268. The van der Waals surface area contributed by atoms with Gasteiger partial charge in [0.1, 0.15) is 17.7 Å². The summed E-state index contributed by atoms with van der Waals surface area (Å²) in [7, 11) is 0. The fraction of sp³-hybridized carbons (Fsp3) is 0.267. The molecule has 1 N–H and O–H groups in total. The first-order valence-corrected chi connectivity index (χ1v) is 12.3. The topological polar surface area (TPSA) is 24.5 Å². The molecule has 0 amide bonds. The van der Waals surface area contributed by atoms with E-state index in [2.05, 4.69) is 36.5 Å². The van der Waals surface area contributed by atoms with Crippen LogP contribution in [0.25, 0.3) is 10.8 Å². The summed E-state index contributed by atoms with van der Waals surface area (Å²) in [4.78, 5) is 1.72. The molecule has 1 unspecified atom stereocenters. The standard InChI is InChI=1S/C30H28F4N2O/c1-19-10-12-23(17-27(19)30(32,33)34)36-18-24(37-29-13-11-22(31)16-28(29)36)14-15-35-20(2)25-9-5-7-21-6-3-4-8-26(21)25/h3-13,16-17,20,24,35H,14-15,18H2,1-2H3/t20-,24?/m1/s1. The molecule has 3 nitrogen and oxygen atoms in total. The van der Waals surface area contributed by atoms with Crippen molar-refractivity contribution in [3.05, 3.63) is 101 Å². The second kappa shape index (κ2) is 10.1. The fourth-order valence-electron chi connectivity index (χ4n) is 5.00. The summed E-state index contributed by atoms with van der Waals surface area (Å²) < 4.78 is 61.1. The van der Waals surface area contributed by atoms with Crippen LogP contribution in [0.1, 0.15) is 36.1 Å². The van der Waals surface area contributed by atoms with E-state index in [1.807, 2.05) is 18.2 Å². The van der Waals surface area contributed by atoms with E-state index in [9.17, 15) is 17.6 Å². The number of hydrogen-bond acceptors (Lipinski definition) is 3. The lowest BCUT2D eigenvalue weighted by atomic mass is 9.99. The lowest BCUT2D eigenvalue weighted by Gasteiger charge is -2.37. The number of hydrogen-bond donors (Lipinski definition) is 1. The van der Waals surface area contributed by atoms with Crippen molar-refractivity contribution in [2.75, 3.05) is 18.0 Å². The SMILES string of the molecule is Cc1ccc(N2CC(CCN[C@H](C)c3cccc4ccccc34)Oc3ccc(F)cc32)cc1C(F)(F)F. The minimum absolute atomic E-state index is 0.0959. The summed E-state index contributed by atoms with van der Waals surface area (Å²) >= 11 is 0. The molecule has 0 aliphatic carbocycles. The van der Waals surface area contributed by atoms with E-state index in [1.165, 1.54) is 47.5 Å². The van der Waals surface area contributed by atoms with Gasteiger partial charge in [0.25, 0.3) is 0 Å². The molecular weight excluding hydrogens is 480 g/mol. The number of rotatable bonds is 6. The summed E-state index contributed by atoms with van der Waals surface area (Å²) in [6.07, 6.45) is -4.14. The summed E-state index contributed by atoms with van der Waals surface area (Å²) in [5.74, 6) is -0.0200. The molecule has 0 aromatic heterocycles. The Kier molecular flexibility index (Phi) is 6.82. The van der Waals surface area contributed by atoms with Crippen molar-refractivity contribution in [2.24, 2.45) is 0 Å². The van der Waals surface area contributed by atoms with E-state index >= 15 is 0 Å². The average molecular weight is 509 g/mol. The molecule has 0 saturated heterocycles. The van der Waals surface area contributed by atoms with E-state index in [1.54, 1.807) is 11.0 Å². The van der Waals surface area contributed by atoms with Crippen LogP contribution in [0.2, 0.25) is 0 Å². The van der Waals surface area contributed by atoms with Gasteiger partial charge in [-0.3, -0.25) is 0 Å². The Morgan fingerprint density at radius 2 is 1.78 bits per heavy atom. The average Bonchev–Trinajstić information content (AvgIpc) is 2.87.